The lowest BCUT2D eigenvalue weighted by Gasteiger charge is -2.02. The van der Waals surface area contributed by atoms with Crippen LogP contribution in [0.4, 0.5) is 6.01 Å². The minimum absolute atomic E-state index is 0.153. The number of alkyl halides is 1. The molecule has 0 atom stereocenters. The second-order valence-electron chi connectivity index (χ2n) is 3.08. The maximum absolute atomic E-state index is 11.6. The van der Waals surface area contributed by atoms with E-state index >= 15 is 0 Å². The molecule has 0 aliphatic rings. The van der Waals surface area contributed by atoms with Gasteiger partial charge in [-0.2, -0.15) is 4.98 Å². The number of anilines is 1. The first-order valence-electron chi connectivity index (χ1n) is 4.61. The molecule has 0 saturated heterocycles. The van der Waals surface area contributed by atoms with Gasteiger partial charge < -0.3 is 9.73 Å². The van der Waals surface area contributed by atoms with Crippen molar-refractivity contribution < 1.29 is 4.42 Å². The first-order chi connectivity index (χ1) is 7.70. The molecule has 0 aliphatic heterocycles. The summed E-state index contributed by atoms with van der Waals surface area (Å²) in [5.74, 6) is 0.402. The van der Waals surface area contributed by atoms with Crippen molar-refractivity contribution in [1.29, 1.82) is 0 Å². The van der Waals surface area contributed by atoms with E-state index in [4.69, 9.17) is 27.6 Å². The molecule has 0 unspecified atom stereocenters. The normalized spacial score (nSPS) is 10.6. The lowest BCUT2D eigenvalue weighted by atomic mass is 10.2. The Morgan fingerprint density at radius 2 is 2.25 bits per heavy atom. The highest BCUT2D eigenvalue weighted by molar-refractivity contribution is 6.31. The molecule has 0 saturated carbocycles. The molecule has 4 nitrogen and oxygen atoms in total. The van der Waals surface area contributed by atoms with Gasteiger partial charge in [-0.25, -0.2) is 4.79 Å². The number of fused-ring (bicyclic) bond motifs is 1. The third-order valence-electron chi connectivity index (χ3n) is 1.96. The van der Waals surface area contributed by atoms with Gasteiger partial charge in [-0.05, 0) is 18.2 Å². The summed E-state index contributed by atoms with van der Waals surface area (Å²) in [5.41, 5.74) is 0.0551. The average molecular weight is 259 g/mol. The SMILES string of the molecule is O=c1oc(NCCCl)nc2cc(Cl)ccc12. The number of aromatic nitrogens is 1. The van der Waals surface area contributed by atoms with Crippen LogP contribution in [-0.2, 0) is 0 Å². The van der Waals surface area contributed by atoms with Crippen molar-refractivity contribution in [3.63, 3.8) is 0 Å². The Bertz CT molecular complexity index is 568. The summed E-state index contributed by atoms with van der Waals surface area (Å²) in [6, 6.07) is 4.97. The monoisotopic (exact) mass is 258 g/mol. The van der Waals surface area contributed by atoms with E-state index in [9.17, 15) is 4.79 Å². The van der Waals surface area contributed by atoms with Crippen LogP contribution in [0.5, 0.6) is 0 Å². The number of hydrogen-bond acceptors (Lipinski definition) is 4. The maximum Gasteiger partial charge on any atom is 0.348 e. The van der Waals surface area contributed by atoms with E-state index in [2.05, 4.69) is 10.3 Å². The lowest BCUT2D eigenvalue weighted by Crippen LogP contribution is -2.09. The van der Waals surface area contributed by atoms with Gasteiger partial charge in [0.15, 0.2) is 0 Å². The van der Waals surface area contributed by atoms with E-state index in [0.717, 1.165) is 0 Å². The van der Waals surface area contributed by atoms with Crippen molar-refractivity contribution >= 4 is 40.1 Å². The number of rotatable bonds is 3. The molecule has 1 N–H and O–H groups in total. The molecule has 2 rings (SSSR count). The van der Waals surface area contributed by atoms with E-state index in [0.29, 0.717) is 28.4 Å². The van der Waals surface area contributed by atoms with Crippen LogP contribution >= 0.6 is 23.2 Å². The first kappa shape index (κ1) is 11.2. The zero-order chi connectivity index (χ0) is 11.5. The zero-order valence-electron chi connectivity index (χ0n) is 8.17. The van der Waals surface area contributed by atoms with Crippen LogP contribution in [0.15, 0.2) is 27.4 Å². The van der Waals surface area contributed by atoms with Crippen LogP contribution in [-0.4, -0.2) is 17.4 Å². The number of halogens is 2. The molecule has 2 aromatic rings. The Kier molecular flexibility index (Phi) is 3.31. The Balaban J connectivity index is 2.52. The molecular weight excluding hydrogens is 251 g/mol. The minimum atomic E-state index is -0.446. The fraction of sp³-hybridized carbons (Fsp3) is 0.200. The second-order valence-corrected chi connectivity index (χ2v) is 3.90. The number of benzene rings is 1. The fourth-order valence-electron chi connectivity index (χ4n) is 1.27. The molecule has 0 amide bonds. The summed E-state index contributed by atoms with van der Waals surface area (Å²) in [7, 11) is 0. The summed E-state index contributed by atoms with van der Waals surface area (Å²) in [6.07, 6.45) is 0. The molecule has 0 fully saturated rings. The molecule has 0 radical (unpaired) electrons. The van der Waals surface area contributed by atoms with Crippen molar-refractivity contribution in [2.24, 2.45) is 0 Å². The van der Waals surface area contributed by atoms with Gasteiger partial charge in [0.05, 0.1) is 10.9 Å². The van der Waals surface area contributed by atoms with Gasteiger partial charge in [0.2, 0.25) is 0 Å². The predicted octanol–water partition coefficient (Wildman–Crippen LogP) is 2.49. The van der Waals surface area contributed by atoms with E-state index < -0.39 is 5.63 Å². The van der Waals surface area contributed by atoms with Crippen molar-refractivity contribution in [2.45, 2.75) is 0 Å². The van der Waals surface area contributed by atoms with Crippen molar-refractivity contribution in [3.8, 4) is 0 Å². The molecular formula is C10H8Cl2N2O2. The highest BCUT2D eigenvalue weighted by atomic mass is 35.5. The Labute approximate surface area is 101 Å². The van der Waals surface area contributed by atoms with Gasteiger partial charge in [-0.1, -0.05) is 11.6 Å². The maximum atomic E-state index is 11.6. The van der Waals surface area contributed by atoms with E-state index in [1.165, 1.54) is 0 Å². The highest BCUT2D eigenvalue weighted by Crippen LogP contribution is 2.16. The van der Waals surface area contributed by atoms with Gasteiger partial charge in [0, 0.05) is 17.4 Å². The molecule has 6 heteroatoms. The number of hydrogen-bond donors (Lipinski definition) is 1. The van der Waals surface area contributed by atoms with E-state index in [1.54, 1.807) is 18.2 Å². The summed E-state index contributed by atoms with van der Waals surface area (Å²) in [6.45, 7) is 0.476. The van der Waals surface area contributed by atoms with E-state index in [1.807, 2.05) is 0 Å². The quantitative estimate of drug-likeness (QED) is 0.860. The van der Waals surface area contributed by atoms with Crippen LogP contribution in [0, 0.1) is 0 Å². The molecule has 0 aliphatic carbocycles. The van der Waals surface area contributed by atoms with E-state index in [-0.39, 0.29) is 6.01 Å². The molecule has 84 valence electrons. The minimum Gasteiger partial charge on any atom is -0.389 e. The van der Waals surface area contributed by atoms with Gasteiger partial charge in [-0.15, -0.1) is 11.6 Å². The second kappa shape index (κ2) is 4.72. The number of nitrogens with zero attached hydrogens (tertiary/aromatic N) is 1. The van der Waals surface area contributed by atoms with Crippen molar-refractivity contribution in [1.82, 2.24) is 4.98 Å². The topological polar surface area (TPSA) is 55.1 Å². The lowest BCUT2D eigenvalue weighted by molar-refractivity contribution is 0.517. The molecule has 0 spiro atoms. The Hall–Kier alpha value is -1.26. The molecule has 1 heterocycles. The van der Waals surface area contributed by atoms with Gasteiger partial charge >= 0.3 is 5.63 Å². The first-order valence-corrected chi connectivity index (χ1v) is 5.52. The van der Waals surface area contributed by atoms with Crippen molar-refractivity contribution in [2.75, 3.05) is 17.7 Å². The van der Waals surface area contributed by atoms with Crippen LogP contribution < -0.4 is 10.9 Å². The van der Waals surface area contributed by atoms with Crippen LogP contribution in [0.3, 0.4) is 0 Å². The largest absolute Gasteiger partial charge is 0.389 e. The molecule has 1 aromatic carbocycles. The Morgan fingerprint density at radius 1 is 1.44 bits per heavy atom. The smallest absolute Gasteiger partial charge is 0.348 e. The number of nitrogens with one attached hydrogen (secondary N) is 1. The Morgan fingerprint density at radius 3 is 3.00 bits per heavy atom. The van der Waals surface area contributed by atoms with Gasteiger partial charge in [0.1, 0.15) is 0 Å². The van der Waals surface area contributed by atoms with Crippen LogP contribution in [0.25, 0.3) is 10.9 Å². The molecule has 0 bridgehead atoms. The summed E-state index contributed by atoms with van der Waals surface area (Å²) in [4.78, 5) is 15.7. The van der Waals surface area contributed by atoms with Gasteiger partial charge in [0.25, 0.3) is 6.01 Å². The van der Waals surface area contributed by atoms with Crippen LogP contribution in [0.2, 0.25) is 5.02 Å². The molecule has 16 heavy (non-hydrogen) atoms. The standard InChI is InChI=1S/C10H8Cl2N2O2/c11-3-4-13-10-14-8-5-6(12)1-2-7(8)9(15)16-10/h1-2,5H,3-4H2,(H,13,14). The average Bonchev–Trinajstić information content (AvgIpc) is 2.25. The summed E-state index contributed by atoms with van der Waals surface area (Å²) >= 11 is 11.3. The molecule has 1 aromatic heterocycles. The highest BCUT2D eigenvalue weighted by Gasteiger charge is 2.05. The summed E-state index contributed by atoms with van der Waals surface area (Å²) < 4.78 is 4.95. The van der Waals surface area contributed by atoms with Gasteiger partial charge in [-0.3, -0.25) is 0 Å². The third-order valence-corrected chi connectivity index (χ3v) is 2.39. The van der Waals surface area contributed by atoms with Crippen molar-refractivity contribution in [3.05, 3.63) is 33.6 Å². The third kappa shape index (κ3) is 2.28. The summed E-state index contributed by atoms with van der Waals surface area (Å²) in [5, 5.41) is 3.72. The van der Waals surface area contributed by atoms with Crippen LogP contribution in [0.1, 0.15) is 0 Å². The predicted molar refractivity (Wildman–Crippen MR) is 64.5 cm³/mol. The fourth-order valence-corrected chi connectivity index (χ4v) is 1.54. The zero-order valence-corrected chi connectivity index (χ0v) is 9.68.